The van der Waals surface area contributed by atoms with Crippen molar-refractivity contribution in [1.82, 2.24) is 5.32 Å². The summed E-state index contributed by atoms with van der Waals surface area (Å²) in [7, 11) is 1.80. The van der Waals surface area contributed by atoms with Crippen molar-refractivity contribution >= 4 is 11.8 Å². The Kier molecular flexibility index (Phi) is 5.15. The molecule has 1 nitrogen and oxygen atoms in total. The molecule has 2 aromatic rings. The molecule has 4 heteroatoms. The van der Waals surface area contributed by atoms with Gasteiger partial charge in [0.2, 0.25) is 0 Å². The second-order valence-corrected chi connectivity index (χ2v) is 5.73. The minimum absolute atomic E-state index is 0.108. The highest BCUT2D eigenvalue weighted by molar-refractivity contribution is 7.99. The quantitative estimate of drug-likeness (QED) is 0.824. The van der Waals surface area contributed by atoms with Crippen LogP contribution in [0.5, 0.6) is 0 Å². The zero-order valence-corrected chi connectivity index (χ0v) is 12.3. The van der Waals surface area contributed by atoms with Gasteiger partial charge in [-0.2, -0.15) is 0 Å². The average molecular weight is 293 g/mol. The van der Waals surface area contributed by atoms with Gasteiger partial charge in [-0.25, -0.2) is 8.78 Å². The first-order valence-electron chi connectivity index (χ1n) is 6.42. The van der Waals surface area contributed by atoms with Crippen LogP contribution in [0.3, 0.4) is 0 Å². The van der Waals surface area contributed by atoms with E-state index in [9.17, 15) is 8.78 Å². The maximum Gasteiger partial charge on any atom is 0.128 e. The van der Waals surface area contributed by atoms with E-state index >= 15 is 0 Å². The van der Waals surface area contributed by atoms with E-state index in [2.05, 4.69) is 5.32 Å². The third-order valence-electron chi connectivity index (χ3n) is 3.09. The Labute approximate surface area is 122 Å². The van der Waals surface area contributed by atoms with Crippen LogP contribution < -0.4 is 5.32 Å². The van der Waals surface area contributed by atoms with Crippen molar-refractivity contribution in [2.75, 3.05) is 12.8 Å². The molecular weight excluding hydrogens is 276 g/mol. The lowest BCUT2D eigenvalue weighted by atomic mass is 10.1. The van der Waals surface area contributed by atoms with Crippen LogP contribution in [-0.2, 0) is 0 Å². The van der Waals surface area contributed by atoms with Crippen molar-refractivity contribution in [3.05, 3.63) is 65.2 Å². The Balaban J connectivity index is 2.11. The largest absolute Gasteiger partial charge is 0.312 e. The average Bonchev–Trinajstić information content (AvgIpc) is 2.43. The molecule has 0 amide bonds. The van der Waals surface area contributed by atoms with Gasteiger partial charge in [0, 0.05) is 22.3 Å². The molecule has 0 spiro atoms. The number of rotatable bonds is 5. The summed E-state index contributed by atoms with van der Waals surface area (Å²) in [5.74, 6) is 0.174. The summed E-state index contributed by atoms with van der Waals surface area (Å²) in [4.78, 5) is 0.846. The summed E-state index contributed by atoms with van der Waals surface area (Å²) >= 11 is 1.51. The van der Waals surface area contributed by atoms with E-state index in [0.717, 1.165) is 10.5 Å². The maximum atomic E-state index is 13.9. The van der Waals surface area contributed by atoms with E-state index < -0.39 is 0 Å². The van der Waals surface area contributed by atoms with Crippen molar-refractivity contribution in [3.63, 3.8) is 0 Å². The Bertz CT molecular complexity index is 586. The molecule has 0 radical (unpaired) electrons. The molecule has 0 aliphatic carbocycles. The number of thioether (sulfide) groups is 1. The van der Waals surface area contributed by atoms with Crippen LogP contribution in [-0.4, -0.2) is 12.8 Å². The van der Waals surface area contributed by atoms with E-state index in [-0.39, 0.29) is 17.7 Å². The van der Waals surface area contributed by atoms with Crippen molar-refractivity contribution < 1.29 is 8.78 Å². The lowest BCUT2D eigenvalue weighted by Crippen LogP contribution is -2.20. The second kappa shape index (κ2) is 6.86. The number of benzene rings is 2. The molecule has 106 valence electrons. The summed E-state index contributed by atoms with van der Waals surface area (Å²) in [5.41, 5.74) is 1.67. The molecule has 0 saturated carbocycles. The fourth-order valence-corrected chi connectivity index (χ4v) is 3.07. The highest BCUT2D eigenvalue weighted by Crippen LogP contribution is 2.27. The van der Waals surface area contributed by atoms with Gasteiger partial charge in [0.05, 0.1) is 0 Å². The molecule has 0 heterocycles. The van der Waals surface area contributed by atoms with E-state index in [1.165, 1.54) is 30.0 Å². The Morgan fingerprint density at radius 2 is 1.95 bits per heavy atom. The molecule has 0 fully saturated rings. The fourth-order valence-electron chi connectivity index (χ4n) is 2.00. The molecular formula is C16H17F2NS. The fraction of sp³-hybridized carbons (Fsp3) is 0.250. The first-order valence-corrected chi connectivity index (χ1v) is 7.40. The number of aryl methyl sites for hydroxylation is 1. The summed E-state index contributed by atoms with van der Waals surface area (Å²) in [6.07, 6.45) is 0. The molecule has 0 aliphatic rings. The molecule has 2 aromatic carbocycles. The van der Waals surface area contributed by atoms with Crippen LogP contribution >= 0.6 is 11.8 Å². The zero-order valence-electron chi connectivity index (χ0n) is 11.5. The molecule has 2 rings (SSSR count). The highest BCUT2D eigenvalue weighted by Gasteiger charge is 2.14. The zero-order chi connectivity index (χ0) is 14.5. The molecule has 0 aliphatic heterocycles. The normalized spacial score (nSPS) is 12.4. The number of nitrogens with one attached hydrogen (secondary N) is 1. The lowest BCUT2D eigenvalue weighted by Gasteiger charge is -2.17. The predicted molar refractivity (Wildman–Crippen MR) is 80.1 cm³/mol. The minimum atomic E-state index is -0.252. The molecule has 20 heavy (non-hydrogen) atoms. The monoisotopic (exact) mass is 293 g/mol. The first kappa shape index (κ1) is 15.0. The standard InChI is InChI=1S/C16H17F2NS/c1-11-6-7-15(18)14(8-11)16(19-2)10-20-13-5-3-4-12(17)9-13/h3-9,16,19H,10H2,1-2H3. The molecule has 0 aromatic heterocycles. The first-order chi connectivity index (χ1) is 9.60. The van der Waals surface area contributed by atoms with Gasteiger partial charge in [0.15, 0.2) is 0 Å². The summed E-state index contributed by atoms with van der Waals surface area (Å²) in [5, 5.41) is 3.12. The van der Waals surface area contributed by atoms with Crippen LogP contribution in [0.15, 0.2) is 47.4 Å². The minimum Gasteiger partial charge on any atom is -0.312 e. The van der Waals surface area contributed by atoms with Crippen molar-refractivity contribution in [2.24, 2.45) is 0 Å². The third-order valence-corrected chi connectivity index (χ3v) is 4.18. The number of hydrogen-bond acceptors (Lipinski definition) is 2. The Morgan fingerprint density at radius 3 is 2.65 bits per heavy atom. The summed E-state index contributed by atoms with van der Waals surface area (Å²) in [6, 6.07) is 11.4. The topological polar surface area (TPSA) is 12.0 Å². The summed E-state index contributed by atoms with van der Waals surface area (Å²) in [6.45, 7) is 1.94. The predicted octanol–water partition coefficient (Wildman–Crippen LogP) is 4.33. The summed E-state index contributed by atoms with van der Waals surface area (Å²) < 4.78 is 27.0. The van der Waals surface area contributed by atoms with E-state index in [4.69, 9.17) is 0 Å². The smallest absolute Gasteiger partial charge is 0.128 e. The highest BCUT2D eigenvalue weighted by atomic mass is 32.2. The molecule has 0 saturated heterocycles. The van der Waals surface area contributed by atoms with Crippen LogP contribution in [0, 0.1) is 18.6 Å². The molecule has 1 unspecified atom stereocenters. The molecule has 1 atom stereocenters. The molecule has 0 bridgehead atoms. The van der Waals surface area contributed by atoms with Gasteiger partial charge in [-0.1, -0.05) is 23.8 Å². The van der Waals surface area contributed by atoms with Gasteiger partial charge >= 0.3 is 0 Å². The van der Waals surface area contributed by atoms with Crippen molar-refractivity contribution in [1.29, 1.82) is 0 Å². The Morgan fingerprint density at radius 1 is 1.15 bits per heavy atom. The maximum absolute atomic E-state index is 13.9. The van der Waals surface area contributed by atoms with Crippen LogP contribution in [0.25, 0.3) is 0 Å². The van der Waals surface area contributed by atoms with E-state index in [0.29, 0.717) is 11.3 Å². The van der Waals surface area contributed by atoms with E-state index in [1.54, 1.807) is 19.2 Å². The second-order valence-electron chi connectivity index (χ2n) is 4.63. The van der Waals surface area contributed by atoms with Crippen LogP contribution in [0.1, 0.15) is 17.2 Å². The van der Waals surface area contributed by atoms with Crippen LogP contribution in [0.2, 0.25) is 0 Å². The number of hydrogen-bond donors (Lipinski definition) is 1. The number of halogens is 2. The lowest BCUT2D eigenvalue weighted by molar-refractivity contribution is 0.565. The van der Waals surface area contributed by atoms with E-state index in [1.807, 2.05) is 19.1 Å². The van der Waals surface area contributed by atoms with Crippen molar-refractivity contribution in [3.8, 4) is 0 Å². The van der Waals surface area contributed by atoms with Crippen LogP contribution in [0.4, 0.5) is 8.78 Å². The molecule has 1 N–H and O–H groups in total. The van der Waals surface area contributed by atoms with Gasteiger partial charge in [0.25, 0.3) is 0 Å². The van der Waals surface area contributed by atoms with Gasteiger partial charge in [-0.3, -0.25) is 0 Å². The Hall–Kier alpha value is -1.39. The van der Waals surface area contributed by atoms with Gasteiger partial charge < -0.3 is 5.32 Å². The van der Waals surface area contributed by atoms with Gasteiger partial charge in [-0.15, -0.1) is 11.8 Å². The SMILES string of the molecule is CNC(CSc1cccc(F)c1)c1cc(C)ccc1F. The van der Waals surface area contributed by atoms with Gasteiger partial charge in [0.1, 0.15) is 11.6 Å². The third kappa shape index (κ3) is 3.81. The van der Waals surface area contributed by atoms with Crippen molar-refractivity contribution in [2.45, 2.75) is 17.9 Å². The van der Waals surface area contributed by atoms with Gasteiger partial charge in [-0.05, 0) is 38.2 Å².